The molecule has 0 aromatic carbocycles. The molecule has 2 heterocycles. The van der Waals surface area contributed by atoms with Gasteiger partial charge >= 0.3 is 5.97 Å². The van der Waals surface area contributed by atoms with Gasteiger partial charge in [-0.3, -0.25) is 9.79 Å². The van der Waals surface area contributed by atoms with Gasteiger partial charge < -0.3 is 32.0 Å². The predicted octanol–water partition coefficient (Wildman–Crippen LogP) is 2.91. The number of nitrogens with two attached hydrogens (primary N) is 3. The highest BCUT2D eigenvalue weighted by Gasteiger charge is 2.53. The van der Waals surface area contributed by atoms with Crippen LogP contribution in [-0.2, 0) is 14.3 Å². The number of rotatable bonds is 16. The van der Waals surface area contributed by atoms with Crippen molar-refractivity contribution in [3.05, 3.63) is 0 Å². The lowest BCUT2D eigenvalue weighted by Crippen LogP contribution is -2.64. The summed E-state index contributed by atoms with van der Waals surface area (Å²) in [5, 5.41) is 3.18. The van der Waals surface area contributed by atoms with E-state index < -0.39 is 11.6 Å². The molecule has 1 fully saturated rings. The van der Waals surface area contributed by atoms with Gasteiger partial charge in [0.15, 0.2) is 17.6 Å². The molecule has 0 radical (unpaired) electrons. The summed E-state index contributed by atoms with van der Waals surface area (Å²) in [7, 11) is 0. The number of unbranched alkanes of at least 4 members (excludes halogenated alkanes) is 9. The minimum atomic E-state index is -0.791. The third kappa shape index (κ3) is 9.39. The van der Waals surface area contributed by atoms with Crippen molar-refractivity contribution in [3.63, 3.8) is 0 Å². The quantitative estimate of drug-likeness (QED) is 0.118. The fourth-order valence-electron chi connectivity index (χ4n) is 4.82. The average molecular weight is 467 g/mol. The Morgan fingerprint density at radius 2 is 1.82 bits per heavy atom. The van der Waals surface area contributed by atoms with Gasteiger partial charge in [-0.15, -0.1) is 0 Å². The number of hydrogen-bond acceptors (Lipinski definition) is 7. The topological polar surface area (TPSA) is 150 Å². The lowest BCUT2D eigenvalue weighted by Gasteiger charge is -2.42. The van der Waals surface area contributed by atoms with Gasteiger partial charge in [0, 0.05) is 13.2 Å². The fourth-order valence-corrected chi connectivity index (χ4v) is 4.82. The van der Waals surface area contributed by atoms with Crippen LogP contribution in [0.2, 0.25) is 0 Å². The van der Waals surface area contributed by atoms with Crippen molar-refractivity contribution >= 4 is 17.9 Å². The van der Waals surface area contributed by atoms with E-state index in [1.165, 1.54) is 38.5 Å². The number of nitrogens with one attached hydrogen (secondary N) is 1. The largest absolute Gasteiger partial charge is 0.465 e. The maximum absolute atomic E-state index is 13.2. The molecule has 0 aromatic heterocycles. The standard InChI is InChI=1S/C24H46N6O3/c1-2-3-4-5-6-7-8-10-14-19-20(24(15-13-18-33-24)30-23(27)29-19)21(31)32-17-12-9-11-16-28-22(25)26/h19-20H,2-18H2,1H3,(H4,25,26,28)(H3,27,29,30). The van der Waals surface area contributed by atoms with Crippen molar-refractivity contribution < 1.29 is 14.3 Å². The Morgan fingerprint density at radius 3 is 2.48 bits per heavy atom. The third-order valence-corrected chi connectivity index (χ3v) is 6.53. The highest BCUT2D eigenvalue weighted by atomic mass is 16.5. The van der Waals surface area contributed by atoms with Crippen molar-refractivity contribution in [2.75, 3.05) is 19.8 Å². The Balaban J connectivity index is 1.84. The maximum Gasteiger partial charge on any atom is 0.316 e. The van der Waals surface area contributed by atoms with E-state index in [2.05, 4.69) is 22.2 Å². The smallest absolute Gasteiger partial charge is 0.316 e. The van der Waals surface area contributed by atoms with Gasteiger partial charge in [0.05, 0.1) is 12.6 Å². The first kappa shape index (κ1) is 27.2. The van der Waals surface area contributed by atoms with E-state index in [4.69, 9.17) is 26.7 Å². The van der Waals surface area contributed by atoms with Crippen molar-refractivity contribution in [1.82, 2.24) is 5.32 Å². The number of esters is 1. The molecule has 0 saturated carbocycles. The van der Waals surface area contributed by atoms with Crippen LogP contribution in [0.3, 0.4) is 0 Å². The van der Waals surface area contributed by atoms with E-state index >= 15 is 0 Å². The normalized spacial score (nSPS) is 24.3. The van der Waals surface area contributed by atoms with Crippen molar-refractivity contribution in [2.24, 2.45) is 33.1 Å². The van der Waals surface area contributed by atoms with E-state index in [1.54, 1.807) is 0 Å². The molecule has 9 heteroatoms. The summed E-state index contributed by atoms with van der Waals surface area (Å²) in [5.74, 6) is -0.242. The molecule has 3 unspecified atom stereocenters. The van der Waals surface area contributed by atoms with Gasteiger partial charge in [0.25, 0.3) is 0 Å². The third-order valence-electron chi connectivity index (χ3n) is 6.53. The molecule has 0 amide bonds. The zero-order valence-electron chi connectivity index (χ0n) is 20.5. The molecule has 2 aliphatic rings. The first-order valence-corrected chi connectivity index (χ1v) is 13.0. The first-order chi connectivity index (χ1) is 16.0. The molecule has 190 valence electrons. The molecule has 7 N–H and O–H groups in total. The second-order valence-corrected chi connectivity index (χ2v) is 9.32. The molecule has 1 saturated heterocycles. The molecule has 0 aromatic rings. The van der Waals surface area contributed by atoms with Gasteiger partial charge in [-0.1, -0.05) is 58.3 Å². The van der Waals surface area contributed by atoms with Crippen molar-refractivity contribution in [2.45, 2.75) is 109 Å². The summed E-state index contributed by atoms with van der Waals surface area (Å²) in [6.07, 6.45) is 14.9. The molecule has 9 nitrogen and oxygen atoms in total. The summed E-state index contributed by atoms with van der Waals surface area (Å²) in [5.41, 5.74) is 16.0. The van der Waals surface area contributed by atoms with Crippen LogP contribution in [0.25, 0.3) is 0 Å². The summed E-state index contributed by atoms with van der Waals surface area (Å²) in [6.45, 7) is 3.81. The highest BCUT2D eigenvalue weighted by molar-refractivity contribution is 5.84. The monoisotopic (exact) mass is 466 g/mol. The predicted molar refractivity (Wildman–Crippen MR) is 133 cm³/mol. The summed E-state index contributed by atoms with van der Waals surface area (Å²) >= 11 is 0. The number of hydrogen-bond donors (Lipinski definition) is 4. The summed E-state index contributed by atoms with van der Waals surface area (Å²) < 4.78 is 11.8. The Kier molecular flexibility index (Phi) is 12.4. The SMILES string of the molecule is CCCCCCCCCCC1N=C(N)NC2(CCCO2)C1C(=O)OCCCCCN=C(N)N. The Morgan fingerprint density at radius 1 is 1.12 bits per heavy atom. The van der Waals surface area contributed by atoms with Crippen LogP contribution in [0.4, 0.5) is 0 Å². The molecule has 1 spiro atoms. The lowest BCUT2D eigenvalue weighted by atomic mass is 9.82. The van der Waals surface area contributed by atoms with E-state index in [9.17, 15) is 4.79 Å². The minimum absolute atomic E-state index is 0.107. The Labute approximate surface area is 199 Å². The summed E-state index contributed by atoms with van der Waals surface area (Å²) in [4.78, 5) is 21.8. The van der Waals surface area contributed by atoms with Crippen LogP contribution in [0.5, 0.6) is 0 Å². The van der Waals surface area contributed by atoms with Crippen LogP contribution in [0.1, 0.15) is 96.8 Å². The van der Waals surface area contributed by atoms with Crippen LogP contribution in [-0.4, -0.2) is 49.4 Å². The number of carbonyl (C=O) groups is 1. The van der Waals surface area contributed by atoms with Crippen LogP contribution in [0, 0.1) is 5.92 Å². The van der Waals surface area contributed by atoms with Gasteiger partial charge in [0.2, 0.25) is 0 Å². The van der Waals surface area contributed by atoms with Crippen LogP contribution in [0.15, 0.2) is 9.98 Å². The zero-order chi connectivity index (χ0) is 23.9. The van der Waals surface area contributed by atoms with Crippen molar-refractivity contribution in [1.29, 1.82) is 0 Å². The number of guanidine groups is 2. The molecular weight excluding hydrogens is 420 g/mol. The average Bonchev–Trinajstić information content (AvgIpc) is 3.22. The van der Waals surface area contributed by atoms with E-state index in [-0.39, 0.29) is 18.0 Å². The van der Waals surface area contributed by atoms with Crippen LogP contribution < -0.4 is 22.5 Å². The number of aliphatic imine (C=N–C) groups is 2. The van der Waals surface area contributed by atoms with Crippen molar-refractivity contribution in [3.8, 4) is 0 Å². The number of nitrogens with zero attached hydrogens (tertiary/aromatic N) is 2. The molecule has 0 bridgehead atoms. The molecule has 0 aliphatic carbocycles. The van der Waals surface area contributed by atoms with E-state index in [1.807, 2.05) is 0 Å². The van der Waals surface area contributed by atoms with Gasteiger partial charge in [-0.25, -0.2) is 4.99 Å². The highest BCUT2D eigenvalue weighted by Crippen LogP contribution is 2.38. The fraction of sp³-hybridized carbons (Fsp3) is 0.875. The van der Waals surface area contributed by atoms with E-state index in [0.717, 1.165) is 51.4 Å². The second-order valence-electron chi connectivity index (χ2n) is 9.32. The van der Waals surface area contributed by atoms with Gasteiger partial charge in [0.1, 0.15) is 5.92 Å². The minimum Gasteiger partial charge on any atom is -0.465 e. The number of carbonyl (C=O) groups excluding carboxylic acids is 1. The van der Waals surface area contributed by atoms with Crippen LogP contribution >= 0.6 is 0 Å². The molecule has 2 aliphatic heterocycles. The molecule has 2 rings (SSSR count). The number of ether oxygens (including phenoxy) is 2. The molecule has 3 atom stereocenters. The summed E-state index contributed by atoms with van der Waals surface area (Å²) in [6, 6.07) is -0.209. The lowest BCUT2D eigenvalue weighted by molar-refractivity contribution is -0.165. The molecular formula is C24H46N6O3. The first-order valence-electron chi connectivity index (χ1n) is 13.0. The second kappa shape index (κ2) is 15.0. The molecule has 33 heavy (non-hydrogen) atoms. The van der Waals surface area contributed by atoms with Gasteiger partial charge in [-0.05, 0) is 38.5 Å². The maximum atomic E-state index is 13.2. The Hall–Kier alpha value is -2.03. The Bertz CT molecular complexity index is 630. The van der Waals surface area contributed by atoms with E-state index in [0.29, 0.717) is 25.7 Å². The van der Waals surface area contributed by atoms with Gasteiger partial charge in [-0.2, -0.15) is 0 Å². The zero-order valence-corrected chi connectivity index (χ0v) is 20.5.